The average molecular weight is 256 g/mol. The second-order valence-electron chi connectivity index (χ2n) is 3.17. The minimum Gasteiger partial charge on any atom is -0.403 e. The number of pyridine rings is 1. The summed E-state index contributed by atoms with van der Waals surface area (Å²) in [7, 11) is 0. The summed E-state index contributed by atoms with van der Waals surface area (Å²) in [5.74, 6) is -0.968. The molecule has 0 saturated heterocycles. The molecule has 0 atom stereocenters. The third kappa shape index (κ3) is 3.52. The number of alkyl halides is 5. The molecule has 1 rings (SSSR count). The van der Waals surface area contributed by atoms with Gasteiger partial charge in [0.25, 0.3) is 6.43 Å². The van der Waals surface area contributed by atoms with Gasteiger partial charge in [-0.05, 0) is 13.0 Å². The standard InChI is InChI=1S/C9H9F5N2O/c1-4-7(17-9(12,13)14)6(8(10)11)2-5(3-15)16-4/h2,8H,3,15H2,1H3. The fourth-order valence-electron chi connectivity index (χ4n) is 1.27. The van der Waals surface area contributed by atoms with E-state index >= 15 is 0 Å². The van der Waals surface area contributed by atoms with Crippen molar-refractivity contribution in [1.82, 2.24) is 4.98 Å². The van der Waals surface area contributed by atoms with Gasteiger partial charge in [0.15, 0.2) is 5.75 Å². The molecule has 8 heteroatoms. The smallest absolute Gasteiger partial charge is 0.403 e. The summed E-state index contributed by atoms with van der Waals surface area (Å²) < 4.78 is 64.8. The molecule has 1 heterocycles. The summed E-state index contributed by atoms with van der Waals surface area (Å²) in [5.41, 5.74) is 4.13. The minimum atomic E-state index is -5.04. The van der Waals surface area contributed by atoms with Crippen molar-refractivity contribution in [2.24, 2.45) is 5.73 Å². The van der Waals surface area contributed by atoms with E-state index in [0.717, 1.165) is 13.0 Å². The van der Waals surface area contributed by atoms with Crippen molar-refractivity contribution < 1.29 is 26.7 Å². The Hall–Kier alpha value is -1.44. The van der Waals surface area contributed by atoms with Crippen LogP contribution in [0.1, 0.15) is 23.4 Å². The summed E-state index contributed by atoms with van der Waals surface area (Å²) in [6.07, 6.45) is -8.14. The van der Waals surface area contributed by atoms with E-state index in [2.05, 4.69) is 9.72 Å². The van der Waals surface area contributed by atoms with Gasteiger partial charge in [-0.1, -0.05) is 0 Å². The number of ether oxygens (including phenoxy) is 1. The molecule has 0 unspecified atom stereocenters. The quantitative estimate of drug-likeness (QED) is 0.846. The molecule has 0 radical (unpaired) electrons. The lowest BCUT2D eigenvalue weighted by Gasteiger charge is -2.15. The molecule has 0 fully saturated rings. The predicted molar refractivity (Wildman–Crippen MR) is 48.5 cm³/mol. The fourth-order valence-corrected chi connectivity index (χ4v) is 1.27. The molecule has 0 aromatic carbocycles. The zero-order chi connectivity index (χ0) is 13.2. The van der Waals surface area contributed by atoms with Crippen LogP contribution in [0.4, 0.5) is 22.0 Å². The highest BCUT2D eigenvalue weighted by Crippen LogP contribution is 2.35. The number of hydrogen-bond acceptors (Lipinski definition) is 3. The number of hydrogen-bond donors (Lipinski definition) is 1. The Balaban J connectivity index is 3.27. The zero-order valence-electron chi connectivity index (χ0n) is 8.68. The molecule has 0 amide bonds. The number of nitrogens with zero attached hydrogens (tertiary/aromatic N) is 1. The highest BCUT2D eigenvalue weighted by molar-refractivity contribution is 5.39. The minimum absolute atomic E-state index is 0.0762. The van der Waals surface area contributed by atoms with Crippen molar-refractivity contribution >= 4 is 0 Å². The third-order valence-corrected chi connectivity index (χ3v) is 1.89. The maximum absolute atomic E-state index is 12.6. The van der Waals surface area contributed by atoms with Crippen molar-refractivity contribution in [2.45, 2.75) is 26.3 Å². The van der Waals surface area contributed by atoms with E-state index < -0.39 is 24.1 Å². The van der Waals surface area contributed by atoms with Gasteiger partial charge >= 0.3 is 6.36 Å². The van der Waals surface area contributed by atoms with Crippen molar-refractivity contribution in [1.29, 1.82) is 0 Å². The van der Waals surface area contributed by atoms with Crippen LogP contribution in [-0.2, 0) is 6.54 Å². The monoisotopic (exact) mass is 256 g/mol. The second-order valence-corrected chi connectivity index (χ2v) is 3.17. The first-order chi connectivity index (χ1) is 7.74. The summed E-state index contributed by atoms with van der Waals surface area (Å²) in [5, 5.41) is 0. The van der Waals surface area contributed by atoms with Gasteiger partial charge in [-0.3, -0.25) is 4.98 Å². The van der Waals surface area contributed by atoms with Crippen molar-refractivity contribution in [3.8, 4) is 5.75 Å². The summed E-state index contributed by atoms with van der Waals surface area (Å²) >= 11 is 0. The number of nitrogens with two attached hydrogens (primary N) is 1. The van der Waals surface area contributed by atoms with Gasteiger partial charge < -0.3 is 10.5 Å². The number of aryl methyl sites for hydroxylation is 1. The molecule has 1 aromatic rings. The highest BCUT2D eigenvalue weighted by atomic mass is 19.4. The Bertz CT molecular complexity index is 405. The Morgan fingerprint density at radius 3 is 2.41 bits per heavy atom. The van der Waals surface area contributed by atoms with Crippen LogP contribution in [0, 0.1) is 6.92 Å². The van der Waals surface area contributed by atoms with Crippen LogP contribution in [0.25, 0.3) is 0 Å². The van der Waals surface area contributed by atoms with Gasteiger partial charge in [0, 0.05) is 6.54 Å². The fraction of sp³-hybridized carbons (Fsp3) is 0.444. The van der Waals surface area contributed by atoms with E-state index in [-0.39, 0.29) is 17.9 Å². The molecule has 2 N–H and O–H groups in total. The average Bonchev–Trinajstić information content (AvgIpc) is 2.18. The zero-order valence-corrected chi connectivity index (χ0v) is 8.68. The molecule has 0 spiro atoms. The topological polar surface area (TPSA) is 48.1 Å². The molecule has 0 aliphatic carbocycles. The molecule has 0 aliphatic rings. The molecular weight excluding hydrogens is 247 g/mol. The first-order valence-corrected chi connectivity index (χ1v) is 4.49. The van der Waals surface area contributed by atoms with Crippen LogP contribution in [0.15, 0.2) is 6.07 Å². The third-order valence-electron chi connectivity index (χ3n) is 1.89. The Labute approximate surface area is 93.4 Å². The molecule has 0 saturated carbocycles. The van der Waals surface area contributed by atoms with E-state index in [1.54, 1.807) is 0 Å². The summed E-state index contributed by atoms with van der Waals surface area (Å²) in [6.45, 7) is 0.999. The van der Waals surface area contributed by atoms with Crippen molar-refractivity contribution in [2.75, 3.05) is 0 Å². The molecule has 0 bridgehead atoms. The molecule has 3 nitrogen and oxygen atoms in total. The van der Waals surface area contributed by atoms with E-state index in [9.17, 15) is 22.0 Å². The van der Waals surface area contributed by atoms with Gasteiger partial charge in [-0.2, -0.15) is 0 Å². The van der Waals surface area contributed by atoms with Crippen molar-refractivity contribution in [3.63, 3.8) is 0 Å². The van der Waals surface area contributed by atoms with Gasteiger partial charge in [0.1, 0.15) is 0 Å². The lowest BCUT2D eigenvalue weighted by molar-refractivity contribution is -0.275. The van der Waals surface area contributed by atoms with Gasteiger partial charge in [0.05, 0.1) is 17.0 Å². The Morgan fingerprint density at radius 2 is 2.00 bits per heavy atom. The normalized spacial score (nSPS) is 12.0. The lowest BCUT2D eigenvalue weighted by Crippen LogP contribution is -2.20. The SMILES string of the molecule is Cc1nc(CN)cc(C(F)F)c1OC(F)(F)F. The van der Waals surface area contributed by atoms with Crippen LogP contribution in [0.5, 0.6) is 5.75 Å². The predicted octanol–water partition coefficient (Wildman–Crippen LogP) is 2.68. The number of rotatable bonds is 3. The number of halogens is 5. The maximum Gasteiger partial charge on any atom is 0.573 e. The molecule has 96 valence electrons. The maximum atomic E-state index is 12.6. The highest BCUT2D eigenvalue weighted by Gasteiger charge is 2.34. The number of aromatic nitrogens is 1. The Kier molecular flexibility index (Phi) is 3.87. The van der Waals surface area contributed by atoms with Gasteiger partial charge in [0.2, 0.25) is 0 Å². The van der Waals surface area contributed by atoms with Crippen LogP contribution < -0.4 is 10.5 Å². The van der Waals surface area contributed by atoms with Crippen LogP contribution >= 0.6 is 0 Å². The summed E-state index contributed by atoms with van der Waals surface area (Å²) in [4.78, 5) is 3.64. The van der Waals surface area contributed by atoms with E-state index in [1.807, 2.05) is 0 Å². The van der Waals surface area contributed by atoms with E-state index in [4.69, 9.17) is 5.73 Å². The molecule has 1 aromatic heterocycles. The largest absolute Gasteiger partial charge is 0.573 e. The Morgan fingerprint density at radius 1 is 1.41 bits per heavy atom. The van der Waals surface area contributed by atoms with Crippen molar-refractivity contribution in [3.05, 3.63) is 23.0 Å². The lowest BCUT2D eigenvalue weighted by atomic mass is 10.1. The van der Waals surface area contributed by atoms with Gasteiger partial charge in [-0.25, -0.2) is 8.78 Å². The van der Waals surface area contributed by atoms with Gasteiger partial charge in [-0.15, -0.1) is 13.2 Å². The molecule has 0 aliphatic heterocycles. The molecule has 17 heavy (non-hydrogen) atoms. The van der Waals surface area contributed by atoms with E-state index in [1.165, 1.54) is 0 Å². The first kappa shape index (κ1) is 13.6. The first-order valence-electron chi connectivity index (χ1n) is 4.49. The summed E-state index contributed by atoms with van der Waals surface area (Å²) in [6, 6.07) is 0.804. The second kappa shape index (κ2) is 4.82. The van der Waals surface area contributed by atoms with Crippen LogP contribution in [-0.4, -0.2) is 11.3 Å². The van der Waals surface area contributed by atoms with Crippen LogP contribution in [0.3, 0.4) is 0 Å². The van der Waals surface area contributed by atoms with E-state index in [0.29, 0.717) is 0 Å². The molecular formula is C9H9F5N2O. The van der Waals surface area contributed by atoms with Crippen LogP contribution in [0.2, 0.25) is 0 Å².